The zero-order chi connectivity index (χ0) is 15.1. The number of aromatic carboxylic acids is 1. The molecule has 8 heteroatoms. The fraction of sp³-hybridized carbons (Fsp3) is 0.250. The van der Waals surface area contributed by atoms with Gasteiger partial charge in [-0.3, -0.25) is 9.59 Å². The predicted molar refractivity (Wildman–Crippen MR) is 73.1 cm³/mol. The quantitative estimate of drug-likeness (QED) is 0.653. The van der Waals surface area contributed by atoms with Crippen LogP contribution < -0.4 is 11.1 Å². The lowest BCUT2D eigenvalue weighted by Gasteiger charge is -2.08. The van der Waals surface area contributed by atoms with Crippen LogP contribution in [-0.4, -0.2) is 34.4 Å². The average molecular weight is 300 g/mol. The summed E-state index contributed by atoms with van der Waals surface area (Å²) in [6.45, 7) is 0. The van der Waals surface area contributed by atoms with Gasteiger partial charge in [0.1, 0.15) is 5.82 Å². The Kier molecular flexibility index (Phi) is 5.98. The lowest BCUT2D eigenvalue weighted by Crippen LogP contribution is -2.17. The summed E-state index contributed by atoms with van der Waals surface area (Å²) >= 11 is 1.20. The van der Waals surface area contributed by atoms with Gasteiger partial charge in [0.05, 0.1) is 17.0 Å². The van der Waals surface area contributed by atoms with Crippen LogP contribution in [-0.2, 0) is 9.59 Å². The monoisotopic (exact) mass is 300 g/mol. The number of thioether (sulfide) groups is 1. The van der Waals surface area contributed by atoms with Crippen LogP contribution in [0, 0.1) is 5.82 Å². The number of amides is 2. The third-order valence-corrected chi connectivity index (χ3v) is 3.19. The fourth-order valence-electron chi connectivity index (χ4n) is 1.35. The maximum Gasteiger partial charge on any atom is 0.337 e. The molecule has 0 aliphatic heterocycles. The van der Waals surface area contributed by atoms with Gasteiger partial charge in [0.15, 0.2) is 0 Å². The van der Waals surface area contributed by atoms with Gasteiger partial charge in [0.25, 0.3) is 0 Å². The number of benzene rings is 1. The number of carbonyl (C=O) groups excluding carboxylic acids is 2. The lowest BCUT2D eigenvalue weighted by atomic mass is 10.1. The van der Waals surface area contributed by atoms with Crippen molar-refractivity contribution in [2.24, 2.45) is 5.73 Å². The van der Waals surface area contributed by atoms with E-state index in [1.54, 1.807) is 0 Å². The van der Waals surface area contributed by atoms with Crippen LogP contribution in [0.25, 0.3) is 0 Å². The van der Waals surface area contributed by atoms with Crippen molar-refractivity contribution < 1.29 is 23.9 Å². The highest BCUT2D eigenvalue weighted by molar-refractivity contribution is 7.99. The SMILES string of the molecule is NC(=O)CSCCC(=O)Nc1ccc(F)cc1C(=O)O. The van der Waals surface area contributed by atoms with Gasteiger partial charge in [-0.2, -0.15) is 11.8 Å². The van der Waals surface area contributed by atoms with Crippen LogP contribution >= 0.6 is 11.8 Å². The number of primary amides is 1. The van der Waals surface area contributed by atoms with Crippen molar-refractivity contribution in [1.29, 1.82) is 0 Å². The number of halogens is 1. The summed E-state index contributed by atoms with van der Waals surface area (Å²) in [6, 6.07) is 3.08. The van der Waals surface area contributed by atoms with E-state index >= 15 is 0 Å². The normalized spacial score (nSPS) is 10.1. The van der Waals surface area contributed by atoms with E-state index in [0.29, 0.717) is 5.75 Å². The molecule has 1 aromatic carbocycles. The average Bonchev–Trinajstić information content (AvgIpc) is 2.36. The summed E-state index contributed by atoms with van der Waals surface area (Å²) in [7, 11) is 0. The summed E-state index contributed by atoms with van der Waals surface area (Å²) in [5.41, 5.74) is 4.65. The smallest absolute Gasteiger partial charge is 0.337 e. The van der Waals surface area contributed by atoms with Gasteiger partial charge in [-0.05, 0) is 18.2 Å². The van der Waals surface area contributed by atoms with E-state index in [4.69, 9.17) is 10.8 Å². The Labute approximate surface area is 118 Å². The van der Waals surface area contributed by atoms with Gasteiger partial charge in [0.2, 0.25) is 11.8 Å². The van der Waals surface area contributed by atoms with Crippen LogP contribution in [0.5, 0.6) is 0 Å². The number of hydrogen-bond donors (Lipinski definition) is 3. The van der Waals surface area contributed by atoms with Crippen molar-refractivity contribution >= 4 is 35.2 Å². The molecule has 1 aromatic rings. The molecule has 0 saturated carbocycles. The Morgan fingerprint density at radius 3 is 2.65 bits per heavy atom. The fourth-order valence-corrected chi connectivity index (χ4v) is 2.03. The van der Waals surface area contributed by atoms with Crippen LogP contribution in [0.15, 0.2) is 18.2 Å². The predicted octanol–water partition coefficient (Wildman–Crippen LogP) is 1.07. The minimum Gasteiger partial charge on any atom is -0.478 e. The molecular weight excluding hydrogens is 287 g/mol. The molecule has 0 aliphatic rings. The first kappa shape index (κ1) is 16.0. The lowest BCUT2D eigenvalue weighted by molar-refractivity contribution is -0.116. The summed E-state index contributed by atoms with van der Waals surface area (Å²) in [5.74, 6) is -2.43. The van der Waals surface area contributed by atoms with Gasteiger partial charge in [-0.25, -0.2) is 9.18 Å². The van der Waals surface area contributed by atoms with Crippen molar-refractivity contribution in [2.75, 3.05) is 16.8 Å². The Balaban J connectivity index is 2.57. The molecule has 2 amide bonds. The highest BCUT2D eigenvalue weighted by atomic mass is 32.2. The molecule has 0 saturated heterocycles. The van der Waals surface area contributed by atoms with Crippen molar-refractivity contribution in [3.05, 3.63) is 29.6 Å². The molecule has 0 aromatic heterocycles. The molecule has 0 bridgehead atoms. The van der Waals surface area contributed by atoms with Gasteiger partial charge in [-0.1, -0.05) is 0 Å². The summed E-state index contributed by atoms with van der Waals surface area (Å²) < 4.78 is 12.9. The van der Waals surface area contributed by atoms with E-state index in [2.05, 4.69) is 5.32 Å². The molecule has 0 aliphatic carbocycles. The Hall–Kier alpha value is -2.09. The van der Waals surface area contributed by atoms with Crippen LogP contribution in [0.2, 0.25) is 0 Å². The summed E-state index contributed by atoms with van der Waals surface area (Å²) in [6.07, 6.45) is 0.0916. The minimum atomic E-state index is -1.33. The van der Waals surface area contributed by atoms with E-state index in [0.717, 1.165) is 12.1 Å². The molecule has 0 spiro atoms. The van der Waals surface area contributed by atoms with Crippen molar-refractivity contribution in [3.8, 4) is 0 Å². The highest BCUT2D eigenvalue weighted by Gasteiger charge is 2.13. The van der Waals surface area contributed by atoms with E-state index in [-0.39, 0.29) is 23.4 Å². The molecule has 20 heavy (non-hydrogen) atoms. The molecule has 108 valence electrons. The number of rotatable bonds is 7. The standard InChI is InChI=1S/C12H13FN2O4S/c13-7-1-2-9(8(5-7)12(18)19)15-11(17)3-4-20-6-10(14)16/h1-2,5H,3-4,6H2,(H2,14,16)(H,15,17)(H,18,19). The number of carboxylic acids is 1. The topological polar surface area (TPSA) is 109 Å². The number of carbonyl (C=O) groups is 3. The Bertz CT molecular complexity index is 536. The van der Waals surface area contributed by atoms with Crippen LogP contribution in [0.1, 0.15) is 16.8 Å². The summed E-state index contributed by atoms with van der Waals surface area (Å²) in [5, 5.41) is 11.3. The Morgan fingerprint density at radius 1 is 1.35 bits per heavy atom. The zero-order valence-corrected chi connectivity index (χ0v) is 11.2. The molecule has 0 unspecified atom stereocenters. The third-order valence-electron chi connectivity index (χ3n) is 2.20. The largest absolute Gasteiger partial charge is 0.478 e. The van der Waals surface area contributed by atoms with Gasteiger partial charge in [0, 0.05) is 12.2 Å². The first-order valence-corrected chi connectivity index (χ1v) is 6.74. The molecule has 0 heterocycles. The van der Waals surface area contributed by atoms with Crippen LogP contribution in [0.4, 0.5) is 10.1 Å². The van der Waals surface area contributed by atoms with Crippen LogP contribution in [0.3, 0.4) is 0 Å². The number of nitrogens with one attached hydrogen (secondary N) is 1. The van der Waals surface area contributed by atoms with E-state index < -0.39 is 23.6 Å². The molecule has 4 N–H and O–H groups in total. The molecule has 0 fully saturated rings. The second-order valence-electron chi connectivity index (χ2n) is 3.81. The maximum atomic E-state index is 12.9. The van der Waals surface area contributed by atoms with Crippen molar-refractivity contribution in [1.82, 2.24) is 0 Å². The second-order valence-corrected chi connectivity index (χ2v) is 4.92. The molecule has 0 atom stereocenters. The molecule has 0 radical (unpaired) electrons. The van der Waals surface area contributed by atoms with Gasteiger partial charge < -0.3 is 16.2 Å². The van der Waals surface area contributed by atoms with E-state index in [1.165, 1.54) is 17.8 Å². The molecule has 1 rings (SSSR count). The third kappa shape index (κ3) is 5.27. The van der Waals surface area contributed by atoms with Gasteiger partial charge >= 0.3 is 5.97 Å². The van der Waals surface area contributed by atoms with Crippen molar-refractivity contribution in [3.63, 3.8) is 0 Å². The first-order chi connectivity index (χ1) is 9.40. The zero-order valence-electron chi connectivity index (χ0n) is 10.4. The highest BCUT2D eigenvalue weighted by Crippen LogP contribution is 2.17. The van der Waals surface area contributed by atoms with E-state index in [9.17, 15) is 18.8 Å². The number of carboxylic acid groups (broad SMARTS) is 1. The summed E-state index contributed by atoms with van der Waals surface area (Å²) in [4.78, 5) is 33.0. The second kappa shape index (κ2) is 7.49. The maximum absolute atomic E-state index is 12.9. The Morgan fingerprint density at radius 2 is 2.05 bits per heavy atom. The number of hydrogen-bond acceptors (Lipinski definition) is 4. The number of nitrogens with two attached hydrogens (primary N) is 1. The molecule has 6 nitrogen and oxygen atoms in total. The van der Waals surface area contributed by atoms with E-state index in [1.807, 2.05) is 0 Å². The minimum absolute atomic E-state index is 0.0313. The first-order valence-electron chi connectivity index (χ1n) is 5.59. The number of anilines is 1. The van der Waals surface area contributed by atoms with Gasteiger partial charge in [-0.15, -0.1) is 0 Å². The molecular formula is C12H13FN2O4S. The van der Waals surface area contributed by atoms with Crippen molar-refractivity contribution in [2.45, 2.75) is 6.42 Å².